The molecule has 0 saturated heterocycles. The fraction of sp³-hybridized carbons (Fsp3) is 0.364. The Kier molecular flexibility index (Phi) is 5.40. The van der Waals surface area contributed by atoms with Gasteiger partial charge in [0.05, 0.1) is 42.4 Å². The van der Waals surface area contributed by atoms with E-state index in [0.29, 0.717) is 43.1 Å². The third-order valence-corrected chi connectivity index (χ3v) is 5.20. The summed E-state index contributed by atoms with van der Waals surface area (Å²) in [6.45, 7) is 5.73. The number of furan rings is 1. The summed E-state index contributed by atoms with van der Waals surface area (Å²) in [6, 6.07) is 11.3. The molecule has 4 rings (SSSR count). The number of nitrogens with zero attached hydrogens (tertiary/aromatic N) is 3. The molecule has 0 radical (unpaired) electrons. The number of fused-ring (bicyclic) bond motifs is 1. The highest BCUT2D eigenvalue weighted by Crippen LogP contribution is 2.23. The number of ether oxygens (including phenoxy) is 1. The molecule has 1 N–H and O–H groups in total. The first kappa shape index (κ1) is 19.3. The van der Waals surface area contributed by atoms with Crippen LogP contribution >= 0.6 is 0 Å². The van der Waals surface area contributed by atoms with Gasteiger partial charge in [-0.1, -0.05) is 24.6 Å². The second-order valence-corrected chi connectivity index (χ2v) is 7.29. The molecule has 0 saturated carbocycles. The van der Waals surface area contributed by atoms with Crippen molar-refractivity contribution in [2.45, 2.75) is 46.1 Å². The number of aryl methyl sites for hydroxylation is 1. The van der Waals surface area contributed by atoms with E-state index in [0.717, 1.165) is 17.0 Å². The Morgan fingerprint density at radius 2 is 2.07 bits per heavy atom. The lowest BCUT2D eigenvalue weighted by molar-refractivity contribution is 0.0701. The molecule has 152 valence electrons. The number of hydrogen-bond donors (Lipinski definition) is 1. The third-order valence-electron chi connectivity index (χ3n) is 5.20. The Morgan fingerprint density at radius 3 is 2.83 bits per heavy atom. The largest absolute Gasteiger partial charge is 0.486 e. The summed E-state index contributed by atoms with van der Waals surface area (Å²) in [4.78, 5) is 14.9. The van der Waals surface area contributed by atoms with Crippen molar-refractivity contribution in [1.82, 2.24) is 14.7 Å². The van der Waals surface area contributed by atoms with Crippen LogP contribution in [0.3, 0.4) is 0 Å². The quantitative estimate of drug-likeness (QED) is 0.691. The molecule has 7 heteroatoms. The highest BCUT2D eigenvalue weighted by atomic mass is 16.5. The van der Waals surface area contributed by atoms with Crippen molar-refractivity contribution in [1.29, 1.82) is 0 Å². The van der Waals surface area contributed by atoms with E-state index in [9.17, 15) is 9.90 Å². The molecular formula is C22H25N3O4. The van der Waals surface area contributed by atoms with Gasteiger partial charge in [0.2, 0.25) is 0 Å². The maximum atomic E-state index is 13.1. The maximum absolute atomic E-state index is 13.1. The molecule has 29 heavy (non-hydrogen) atoms. The molecule has 1 atom stereocenters. The van der Waals surface area contributed by atoms with Crippen LogP contribution in [0.25, 0.3) is 0 Å². The first-order valence-corrected chi connectivity index (χ1v) is 9.85. The number of aromatic nitrogens is 2. The van der Waals surface area contributed by atoms with Gasteiger partial charge in [0.1, 0.15) is 12.4 Å². The fourth-order valence-electron chi connectivity index (χ4n) is 3.43. The zero-order valence-electron chi connectivity index (χ0n) is 16.7. The number of aliphatic hydroxyl groups excluding tert-OH is 1. The lowest BCUT2D eigenvalue weighted by Crippen LogP contribution is -2.38. The first-order valence-electron chi connectivity index (χ1n) is 9.85. The predicted molar refractivity (Wildman–Crippen MR) is 106 cm³/mol. The fourth-order valence-corrected chi connectivity index (χ4v) is 3.43. The van der Waals surface area contributed by atoms with E-state index < -0.39 is 6.10 Å². The van der Waals surface area contributed by atoms with E-state index in [1.807, 2.05) is 48.9 Å². The van der Waals surface area contributed by atoms with Gasteiger partial charge in [0.15, 0.2) is 5.76 Å². The maximum Gasteiger partial charge on any atom is 0.257 e. The third kappa shape index (κ3) is 4.05. The second-order valence-electron chi connectivity index (χ2n) is 7.29. The molecule has 0 fully saturated rings. The molecule has 0 aliphatic carbocycles. The van der Waals surface area contributed by atoms with Crippen LogP contribution in [0.4, 0.5) is 0 Å². The molecule has 0 bridgehead atoms. The van der Waals surface area contributed by atoms with Crippen molar-refractivity contribution < 1.29 is 19.1 Å². The Bertz CT molecular complexity index is 990. The van der Waals surface area contributed by atoms with Crippen LogP contribution in [-0.2, 0) is 19.7 Å². The standard InChI is InChI=1S/C22H25N3O4/c1-3-20(26)19-12-16-13-24(9-10-25(16)23-19)22(27)18-8-11-28-21(18)14-29-17-6-4-15(2)5-7-17/h4-8,11-12,20,26H,3,9-10,13-14H2,1-2H3/t20-/m0/s1. The van der Waals surface area contributed by atoms with Crippen LogP contribution in [0.1, 0.15) is 52.5 Å². The van der Waals surface area contributed by atoms with Crippen molar-refractivity contribution in [2.24, 2.45) is 0 Å². The molecule has 7 nitrogen and oxygen atoms in total. The summed E-state index contributed by atoms with van der Waals surface area (Å²) in [5, 5.41) is 14.5. The van der Waals surface area contributed by atoms with Crippen molar-refractivity contribution in [3.63, 3.8) is 0 Å². The van der Waals surface area contributed by atoms with E-state index in [-0.39, 0.29) is 12.5 Å². The summed E-state index contributed by atoms with van der Waals surface area (Å²) >= 11 is 0. The number of aliphatic hydroxyl groups is 1. The highest BCUT2D eigenvalue weighted by molar-refractivity contribution is 5.95. The van der Waals surface area contributed by atoms with Gasteiger partial charge >= 0.3 is 0 Å². The molecule has 0 unspecified atom stereocenters. The summed E-state index contributed by atoms with van der Waals surface area (Å²) < 4.78 is 13.2. The molecule has 1 aromatic carbocycles. The zero-order chi connectivity index (χ0) is 20.4. The summed E-state index contributed by atoms with van der Waals surface area (Å²) in [7, 11) is 0. The number of amides is 1. The zero-order valence-corrected chi connectivity index (χ0v) is 16.7. The minimum Gasteiger partial charge on any atom is -0.486 e. The van der Waals surface area contributed by atoms with Gasteiger partial charge in [-0.2, -0.15) is 5.10 Å². The van der Waals surface area contributed by atoms with Crippen molar-refractivity contribution in [2.75, 3.05) is 6.54 Å². The summed E-state index contributed by atoms with van der Waals surface area (Å²) in [5.74, 6) is 1.15. The van der Waals surface area contributed by atoms with Crippen LogP contribution in [-0.4, -0.2) is 32.2 Å². The first-order chi connectivity index (χ1) is 14.0. The number of benzene rings is 1. The van der Waals surface area contributed by atoms with Gasteiger partial charge in [0.25, 0.3) is 5.91 Å². The van der Waals surface area contributed by atoms with Gasteiger partial charge in [-0.15, -0.1) is 0 Å². The van der Waals surface area contributed by atoms with E-state index in [1.54, 1.807) is 11.0 Å². The smallest absolute Gasteiger partial charge is 0.257 e. The average molecular weight is 395 g/mol. The predicted octanol–water partition coefficient (Wildman–Crippen LogP) is 3.46. The van der Waals surface area contributed by atoms with Gasteiger partial charge < -0.3 is 19.2 Å². The van der Waals surface area contributed by atoms with E-state index in [2.05, 4.69) is 5.10 Å². The normalized spacial score (nSPS) is 14.5. The topological polar surface area (TPSA) is 80.7 Å². The lowest BCUT2D eigenvalue weighted by Gasteiger charge is -2.27. The van der Waals surface area contributed by atoms with Crippen LogP contribution < -0.4 is 4.74 Å². The number of hydrogen-bond acceptors (Lipinski definition) is 5. The molecule has 0 spiro atoms. The van der Waals surface area contributed by atoms with E-state index in [4.69, 9.17) is 9.15 Å². The molecular weight excluding hydrogens is 370 g/mol. The van der Waals surface area contributed by atoms with Crippen LogP contribution in [0.5, 0.6) is 5.75 Å². The van der Waals surface area contributed by atoms with Gasteiger partial charge in [-0.25, -0.2) is 0 Å². The lowest BCUT2D eigenvalue weighted by atomic mass is 10.1. The molecule has 2 aromatic heterocycles. The monoisotopic (exact) mass is 395 g/mol. The number of rotatable bonds is 6. The Morgan fingerprint density at radius 1 is 1.28 bits per heavy atom. The van der Waals surface area contributed by atoms with Gasteiger partial charge in [-0.05, 0) is 37.6 Å². The Labute approximate surface area is 169 Å². The molecule has 3 heterocycles. The average Bonchev–Trinajstić information content (AvgIpc) is 3.38. The molecule has 1 aliphatic heterocycles. The summed E-state index contributed by atoms with van der Waals surface area (Å²) in [6.07, 6.45) is 1.56. The van der Waals surface area contributed by atoms with Crippen molar-refractivity contribution >= 4 is 5.91 Å². The summed E-state index contributed by atoms with van der Waals surface area (Å²) in [5.41, 5.74) is 3.25. The highest BCUT2D eigenvalue weighted by Gasteiger charge is 2.27. The number of carbonyl (C=O) groups excluding carboxylic acids is 1. The van der Waals surface area contributed by atoms with Crippen molar-refractivity contribution in [3.05, 3.63) is 70.9 Å². The minimum absolute atomic E-state index is 0.0914. The van der Waals surface area contributed by atoms with Gasteiger partial charge in [0, 0.05) is 6.54 Å². The Balaban J connectivity index is 1.44. The molecule has 1 aliphatic rings. The molecule has 1 amide bonds. The SMILES string of the molecule is CC[C@H](O)c1cc2n(n1)CCN(C(=O)c1ccoc1COc1ccc(C)cc1)C2. The second kappa shape index (κ2) is 8.13. The Hall–Kier alpha value is -3.06. The van der Waals surface area contributed by atoms with Gasteiger partial charge in [-0.3, -0.25) is 9.48 Å². The van der Waals surface area contributed by atoms with E-state index >= 15 is 0 Å². The van der Waals surface area contributed by atoms with Crippen LogP contribution in [0.2, 0.25) is 0 Å². The number of carbonyl (C=O) groups is 1. The molecule has 3 aromatic rings. The minimum atomic E-state index is -0.573. The van der Waals surface area contributed by atoms with E-state index in [1.165, 1.54) is 6.26 Å². The van der Waals surface area contributed by atoms with Crippen molar-refractivity contribution in [3.8, 4) is 5.75 Å². The van der Waals surface area contributed by atoms with Crippen LogP contribution in [0, 0.1) is 6.92 Å². The van der Waals surface area contributed by atoms with Crippen LogP contribution in [0.15, 0.2) is 47.1 Å².